The lowest BCUT2D eigenvalue weighted by Gasteiger charge is -2.30. The van der Waals surface area contributed by atoms with Crippen LogP contribution in [0.2, 0.25) is 0 Å². The van der Waals surface area contributed by atoms with Crippen molar-refractivity contribution in [2.75, 3.05) is 13.2 Å². The average molecular weight is 429 g/mol. The summed E-state index contributed by atoms with van der Waals surface area (Å²) in [5.74, 6) is -0.164. The third-order valence-corrected chi connectivity index (χ3v) is 5.32. The van der Waals surface area contributed by atoms with Gasteiger partial charge in [-0.05, 0) is 74.1 Å². The molecule has 0 aliphatic carbocycles. The topological polar surface area (TPSA) is 58.6 Å². The lowest BCUT2D eigenvalue weighted by Crippen LogP contribution is -2.50. The summed E-state index contributed by atoms with van der Waals surface area (Å²) >= 11 is 0. The summed E-state index contributed by atoms with van der Waals surface area (Å²) in [7, 11) is 0. The molecule has 1 atom stereocenters. The Morgan fingerprint density at radius 2 is 1.77 bits per heavy atom. The molecule has 31 heavy (non-hydrogen) atoms. The van der Waals surface area contributed by atoms with Crippen molar-refractivity contribution in [1.29, 1.82) is 0 Å². The van der Waals surface area contributed by atoms with Crippen molar-refractivity contribution in [1.82, 2.24) is 10.2 Å². The van der Waals surface area contributed by atoms with Crippen LogP contribution in [0.4, 0.5) is 4.39 Å². The summed E-state index contributed by atoms with van der Waals surface area (Å²) in [5, 5.41) is 2.88. The van der Waals surface area contributed by atoms with Crippen molar-refractivity contribution in [2.45, 2.75) is 60.0 Å². The molecule has 0 aliphatic rings. The van der Waals surface area contributed by atoms with Crippen LogP contribution in [0.1, 0.15) is 48.9 Å². The molecule has 0 spiro atoms. The number of amides is 2. The lowest BCUT2D eigenvalue weighted by atomic mass is 10.1. The van der Waals surface area contributed by atoms with E-state index in [9.17, 15) is 14.0 Å². The fourth-order valence-corrected chi connectivity index (χ4v) is 3.45. The van der Waals surface area contributed by atoms with Gasteiger partial charge >= 0.3 is 0 Å². The molecule has 0 aromatic heterocycles. The number of halogens is 1. The molecule has 2 amide bonds. The predicted molar refractivity (Wildman–Crippen MR) is 120 cm³/mol. The number of rotatable bonds is 10. The van der Waals surface area contributed by atoms with Crippen molar-refractivity contribution in [2.24, 2.45) is 0 Å². The quantitative estimate of drug-likeness (QED) is 0.608. The highest BCUT2D eigenvalue weighted by Gasteiger charge is 2.29. The van der Waals surface area contributed by atoms with Crippen LogP contribution in [0.5, 0.6) is 5.75 Å². The van der Waals surface area contributed by atoms with Crippen molar-refractivity contribution in [3.63, 3.8) is 0 Å². The van der Waals surface area contributed by atoms with Crippen molar-refractivity contribution >= 4 is 11.8 Å². The fourth-order valence-electron chi connectivity index (χ4n) is 3.45. The van der Waals surface area contributed by atoms with Crippen LogP contribution in [0.3, 0.4) is 0 Å². The second-order valence-electron chi connectivity index (χ2n) is 7.86. The van der Waals surface area contributed by atoms with Crippen LogP contribution >= 0.6 is 0 Å². The van der Waals surface area contributed by atoms with Gasteiger partial charge in [-0.3, -0.25) is 9.59 Å². The molecule has 5 nitrogen and oxygen atoms in total. The monoisotopic (exact) mass is 428 g/mol. The number of hydrogen-bond acceptors (Lipinski definition) is 3. The van der Waals surface area contributed by atoms with Crippen LogP contribution in [-0.4, -0.2) is 35.9 Å². The molecule has 6 heteroatoms. The minimum Gasteiger partial charge on any atom is -0.483 e. The summed E-state index contributed by atoms with van der Waals surface area (Å²) in [4.78, 5) is 27.5. The molecule has 0 aliphatic heterocycles. The van der Waals surface area contributed by atoms with E-state index < -0.39 is 6.04 Å². The highest BCUT2D eigenvalue weighted by atomic mass is 19.1. The average Bonchev–Trinajstić information content (AvgIpc) is 2.74. The lowest BCUT2D eigenvalue weighted by molar-refractivity contribution is -0.143. The second-order valence-corrected chi connectivity index (χ2v) is 7.86. The van der Waals surface area contributed by atoms with E-state index in [1.165, 1.54) is 17.0 Å². The van der Waals surface area contributed by atoms with Gasteiger partial charge in [-0.1, -0.05) is 32.0 Å². The molecule has 1 N–H and O–H groups in total. The first-order valence-electron chi connectivity index (χ1n) is 10.8. The Morgan fingerprint density at radius 1 is 1.10 bits per heavy atom. The number of nitrogens with zero attached hydrogens (tertiary/aromatic N) is 1. The van der Waals surface area contributed by atoms with Gasteiger partial charge in [-0.2, -0.15) is 0 Å². The minimum absolute atomic E-state index is 0.178. The first kappa shape index (κ1) is 24.4. The van der Waals surface area contributed by atoms with Gasteiger partial charge in [0, 0.05) is 13.1 Å². The molecule has 0 heterocycles. The van der Waals surface area contributed by atoms with Gasteiger partial charge in [0.05, 0.1) is 0 Å². The number of hydrogen-bond donors (Lipinski definition) is 1. The minimum atomic E-state index is -0.631. The van der Waals surface area contributed by atoms with Gasteiger partial charge < -0.3 is 15.0 Å². The summed E-state index contributed by atoms with van der Waals surface area (Å²) < 4.78 is 19.2. The number of benzene rings is 2. The van der Waals surface area contributed by atoms with E-state index >= 15 is 0 Å². The highest BCUT2D eigenvalue weighted by Crippen LogP contribution is 2.23. The first-order valence-corrected chi connectivity index (χ1v) is 10.8. The van der Waals surface area contributed by atoms with Crippen LogP contribution in [0, 0.1) is 26.6 Å². The molecule has 0 radical (unpaired) electrons. The van der Waals surface area contributed by atoms with Gasteiger partial charge in [0.25, 0.3) is 5.91 Å². The maximum atomic E-state index is 13.3. The Balaban J connectivity index is 2.24. The van der Waals surface area contributed by atoms with E-state index in [2.05, 4.69) is 11.4 Å². The molecular weight excluding hydrogens is 395 g/mol. The van der Waals surface area contributed by atoms with Crippen LogP contribution in [-0.2, 0) is 16.1 Å². The summed E-state index contributed by atoms with van der Waals surface area (Å²) in [6.07, 6.45) is 1.27. The summed E-state index contributed by atoms with van der Waals surface area (Å²) in [5.41, 5.74) is 3.88. The van der Waals surface area contributed by atoms with Gasteiger partial charge in [-0.15, -0.1) is 0 Å². The largest absolute Gasteiger partial charge is 0.483 e. The SMILES string of the molecule is CCCNC(=O)[C@H](CC)N(Cc1ccc(F)cc1)C(=O)COc1cc(C)cc(C)c1C. The van der Waals surface area contributed by atoms with Gasteiger partial charge in [0.2, 0.25) is 5.91 Å². The Morgan fingerprint density at radius 3 is 2.39 bits per heavy atom. The zero-order chi connectivity index (χ0) is 23.0. The standard InChI is InChI=1S/C25H33FN2O3/c1-6-12-27-25(30)22(7-2)28(15-20-8-10-21(26)11-9-20)24(29)16-31-23-14-17(3)13-18(4)19(23)5/h8-11,13-14,22H,6-7,12,15-16H2,1-5H3,(H,27,30)/t22-/m0/s1. The van der Waals surface area contributed by atoms with Crippen LogP contribution in [0.25, 0.3) is 0 Å². The smallest absolute Gasteiger partial charge is 0.261 e. The van der Waals surface area contributed by atoms with Crippen LogP contribution in [0.15, 0.2) is 36.4 Å². The molecule has 0 fully saturated rings. The van der Waals surface area contributed by atoms with E-state index in [1.807, 2.05) is 40.7 Å². The maximum Gasteiger partial charge on any atom is 0.261 e. The zero-order valence-corrected chi connectivity index (χ0v) is 19.1. The van der Waals surface area contributed by atoms with Crippen molar-refractivity contribution in [3.05, 3.63) is 64.5 Å². The number of ether oxygens (including phenoxy) is 1. The fraction of sp³-hybridized carbons (Fsp3) is 0.440. The first-order chi connectivity index (χ1) is 14.8. The van der Waals surface area contributed by atoms with Gasteiger partial charge in [0.1, 0.15) is 17.6 Å². The molecule has 0 saturated carbocycles. The van der Waals surface area contributed by atoms with Gasteiger partial charge in [-0.25, -0.2) is 4.39 Å². The third-order valence-electron chi connectivity index (χ3n) is 5.32. The molecule has 2 aromatic rings. The number of carbonyl (C=O) groups is 2. The Hall–Kier alpha value is -2.89. The summed E-state index contributed by atoms with van der Waals surface area (Å²) in [6, 6.07) is 9.30. The van der Waals surface area contributed by atoms with E-state index in [0.717, 1.165) is 28.7 Å². The maximum absolute atomic E-state index is 13.3. The Kier molecular flexibility index (Phi) is 9.03. The normalized spacial score (nSPS) is 11.7. The Labute approximate surface area is 184 Å². The Bertz CT molecular complexity index is 896. The molecule has 168 valence electrons. The van der Waals surface area contributed by atoms with Gasteiger partial charge in [0.15, 0.2) is 6.61 Å². The molecule has 2 aromatic carbocycles. The number of nitrogens with one attached hydrogen (secondary N) is 1. The second kappa shape index (κ2) is 11.5. The zero-order valence-electron chi connectivity index (χ0n) is 19.1. The van der Waals surface area contributed by atoms with E-state index in [4.69, 9.17) is 4.74 Å². The third kappa shape index (κ3) is 6.81. The molecule has 0 saturated heterocycles. The summed E-state index contributed by atoms with van der Waals surface area (Å²) in [6.45, 7) is 10.4. The predicted octanol–water partition coefficient (Wildman–Crippen LogP) is 4.46. The highest BCUT2D eigenvalue weighted by molar-refractivity contribution is 5.88. The molecular formula is C25H33FN2O3. The molecule has 2 rings (SSSR count). The number of carbonyl (C=O) groups excluding carboxylic acids is 2. The van der Waals surface area contributed by atoms with Crippen molar-refractivity contribution in [3.8, 4) is 5.75 Å². The van der Waals surface area contributed by atoms with E-state index in [0.29, 0.717) is 18.7 Å². The molecule has 0 unspecified atom stereocenters. The van der Waals surface area contributed by atoms with Crippen molar-refractivity contribution < 1.29 is 18.7 Å². The van der Waals surface area contributed by atoms with E-state index in [1.54, 1.807) is 12.1 Å². The van der Waals surface area contributed by atoms with Crippen LogP contribution < -0.4 is 10.1 Å². The molecule has 0 bridgehead atoms. The number of aryl methyl sites for hydroxylation is 2. The van der Waals surface area contributed by atoms with E-state index in [-0.39, 0.29) is 30.8 Å².